The Bertz CT molecular complexity index is 949. The number of rotatable bonds is 13. The molecule has 0 aromatic carbocycles. The molecule has 0 spiro atoms. The van der Waals surface area contributed by atoms with Crippen molar-refractivity contribution >= 4 is 43.8 Å². The van der Waals surface area contributed by atoms with Gasteiger partial charge in [0.15, 0.2) is 12.2 Å². The van der Waals surface area contributed by atoms with Gasteiger partial charge in [-0.1, -0.05) is 19.6 Å². The average molecular weight is 592 g/mol. The Kier molecular flexibility index (Phi) is 13.2. The van der Waals surface area contributed by atoms with Gasteiger partial charge in [0, 0.05) is 49.3 Å². The standard InChI is InChI=1S/C25H41NO13Si/c1-14(27)26-21-19(36-16(3)29)12-25(24(32)33-6,35-10-11-40(7,8)9)39-23(21)22(38-18(5)31)20(37-17(4)30)13-34-15(2)28/h19-23H,10-13H2,1-9H3,(H,26,27)/t19-,20+,21+,22+,23+,25+/m0/s1. The lowest BCUT2D eigenvalue weighted by atomic mass is 9.88. The number of hydrogen-bond acceptors (Lipinski definition) is 13. The fourth-order valence-electron chi connectivity index (χ4n) is 4.07. The summed E-state index contributed by atoms with van der Waals surface area (Å²) in [6.45, 7) is 11.4. The van der Waals surface area contributed by atoms with Gasteiger partial charge in [-0.25, -0.2) is 4.79 Å². The molecule has 0 aromatic heterocycles. The predicted molar refractivity (Wildman–Crippen MR) is 139 cm³/mol. The second-order valence-corrected chi connectivity index (χ2v) is 16.2. The number of carbonyl (C=O) groups is 6. The molecule has 1 aliphatic rings. The van der Waals surface area contributed by atoms with Gasteiger partial charge < -0.3 is 38.5 Å². The molecular weight excluding hydrogens is 550 g/mol. The zero-order chi connectivity index (χ0) is 30.8. The van der Waals surface area contributed by atoms with Crippen molar-refractivity contribution in [3.8, 4) is 0 Å². The van der Waals surface area contributed by atoms with Crippen molar-refractivity contribution < 1.29 is 61.9 Å². The summed E-state index contributed by atoms with van der Waals surface area (Å²) in [4.78, 5) is 73.3. The van der Waals surface area contributed by atoms with Crippen LogP contribution in [0.15, 0.2) is 0 Å². The van der Waals surface area contributed by atoms with E-state index in [9.17, 15) is 28.8 Å². The molecule has 1 amide bonds. The van der Waals surface area contributed by atoms with Crippen molar-refractivity contribution in [3.63, 3.8) is 0 Å². The molecule has 1 saturated heterocycles. The highest BCUT2D eigenvalue weighted by Crippen LogP contribution is 2.37. The monoisotopic (exact) mass is 591 g/mol. The summed E-state index contributed by atoms with van der Waals surface area (Å²) in [5.74, 6) is -6.87. The van der Waals surface area contributed by atoms with Gasteiger partial charge in [0.05, 0.1) is 19.6 Å². The molecule has 14 nitrogen and oxygen atoms in total. The lowest BCUT2D eigenvalue weighted by molar-refractivity contribution is -0.313. The number of ether oxygens (including phenoxy) is 7. The molecule has 1 fully saturated rings. The van der Waals surface area contributed by atoms with Gasteiger partial charge in [-0.3, -0.25) is 24.0 Å². The van der Waals surface area contributed by atoms with Crippen molar-refractivity contribution in [2.24, 2.45) is 0 Å². The molecule has 40 heavy (non-hydrogen) atoms. The van der Waals surface area contributed by atoms with Crippen LogP contribution in [-0.4, -0.2) is 100 Å². The maximum absolute atomic E-state index is 13.2. The minimum atomic E-state index is -2.17. The summed E-state index contributed by atoms with van der Waals surface area (Å²) in [6.07, 6.45) is -6.21. The van der Waals surface area contributed by atoms with Crippen LogP contribution in [0.25, 0.3) is 0 Å². The van der Waals surface area contributed by atoms with Gasteiger partial charge in [-0.05, 0) is 6.04 Å². The molecule has 228 valence electrons. The molecule has 0 unspecified atom stereocenters. The van der Waals surface area contributed by atoms with Gasteiger partial charge in [0.1, 0.15) is 18.8 Å². The smallest absolute Gasteiger partial charge is 0.366 e. The Morgan fingerprint density at radius 3 is 1.98 bits per heavy atom. The minimum absolute atomic E-state index is 0.0637. The summed E-state index contributed by atoms with van der Waals surface area (Å²) in [7, 11) is -0.559. The van der Waals surface area contributed by atoms with Crippen molar-refractivity contribution in [2.75, 3.05) is 20.3 Å². The quantitative estimate of drug-likeness (QED) is 0.181. The zero-order valence-electron chi connectivity index (χ0n) is 24.5. The highest BCUT2D eigenvalue weighted by molar-refractivity contribution is 6.76. The fourth-order valence-corrected chi connectivity index (χ4v) is 4.78. The minimum Gasteiger partial charge on any atom is -0.465 e. The van der Waals surface area contributed by atoms with Crippen molar-refractivity contribution in [1.29, 1.82) is 0 Å². The highest BCUT2D eigenvalue weighted by atomic mass is 28.3. The molecule has 0 radical (unpaired) electrons. The first kappa shape index (κ1) is 35.0. The Morgan fingerprint density at radius 2 is 1.52 bits per heavy atom. The lowest BCUT2D eigenvalue weighted by Crippen LogP contribution is -2.69. The highest BCUT2D eigenvalue weighted by Gasteiger charge is 2.59. The van der Waals surface area contributed by atoms with Crippen molar-refractivity contribution in [1.82, 2.24) is 5.32 Å². The number of hydrogen-bond donors (Lipinski definition) is 1. The first-order valence-electron chi connectivity index (χ1n) is 12.7. The van der Waals surface area contributed by atoms with E-state index in [-0.39, 0.29) is 13.0 Å². The third-order valence-corrected chi connectivity index (χ3v) is 7.39. The van der Waals surface area contributed by atoms with Gasteiger partial charge in [-0.2, -0.15) is 0 Å². The van der Waals surface area contributed by atoms with E-state index >= 15 is 0 Å². The molecule has 0 aliphatic carbocycles. The van der Waals surface area contributed by atoms with Crippen LogP contribution in [0.4, 0.5) is 0 Å². The summed E-state index contributed by atoms with van der Waals surface area (Å²) in [6, 6.07) is -0.622. The molecule has 6 atom stereocenters. The van der Waals surface area contributed by atoms with Crippen LogP contribution in [0.3, 0.4) is 0 Å². The van der Waals surface area contributed by atoms with Crippen LogP contribution in [0.5, 0.6) is 0 Å². The van der Waals surface area contributed by atoms with Crippen molar-refractivity contribution in [3.05, 3.63) is 0 Å². The van der Waals surface area contributed by atoms with E-state index in [1.807, 2.05) is 0 Å². The maximum atomic E-state index is 13.2. The Balaban J connectivity index is 3.80. The Morgan fingerprint density at radius 1 is 0.925 bits per heavy atom. The van der Waals surface area contributed by atoms with E-state index < -0.39 is 86.7 Å². The summed E-state index contributed by atoms with van der Waals surface area (Å²) >= 11 is 0. The Labute approximate surface area is 234 Å². The molecule has 1 N–H and O–H groups in total. The second kappa shape index (κ2) is 15.1. The van der Waals surface area contributed by atoms with Crippen LogP contribution in [0, 0.1) is 0 Å². The summed E-state index contributed by atoms with van der Waals surface area (Å²) in [5.41, 5.74) is 0. The molecular formula is C25H41NO13Si. The summed E-state index contributed by atoms with van der Waals surface area (Å²) in [5, 5.41) is 2.61. The number of esters is 5. The van der Waals surface area contributed by atoms with E-state index in [4.69, 9.17) is 33.2 Å². The van der Waals surface area contributed by atoms with E-state index in [1.54, 1.807) is 0 Å². The third-order valence-electron chi connectivity index (χ3n) is 5.68. The van der Waals surface area contributed by atoms with Gasteiger partial charge in [0.25, 0.3) is 5.79 Å². The maximum Gasteiger partial charge on any atom is 0.366 e. The predicted octanol–water partition coefficient (Wildman–Crippen LogP) is 0.862. The lowest BCUT2D eigenvalue weighted by Gasteiger charge is -2.48. The number of amides is 1. The first-order valence-corrected chi connectivity index (χ1v) is 16.4. The topological polar surface area (TPSA) is 179 Å². The Hall–Kier alpha value is -3.04. The van der Waals surface area contributed by atoms with Crippen LogP contribution in [0.2, 0.25) is 25.7 Å². The van der Waals surface area contributed by atoms with E-state index in [0.717, 1.165) is 34.8 Å². The zero-order valence-corrected chi connectivity index (χ0v) is 25.5. The van der Waals surface area contributed by atoms with Crippen LogP contribution >= 0.6 is 0 Å². The molecule has 15 heteroatoms. The average Bonchev–Trinajstić information content (AvgIpc) is 2.79. The molecule has 1 heterocycles. The normalized spacial score (nSPS) is 24.1. The molecule has 0 saturated carbocycles. The van der Waals surface area contributed by atoms with E-state index in [2.05, 4.69) is 25.0 Å². The molecule has 0 bridgehead atoms. The van der Waals surface area contributed by atoms with Crippen molar-refractivity contribution in [2.45, 2.75) is 103 Å². The van der Waals surface area contributed by atoms with Gasteiger partial charge >= 0.3 is 29.8 Å². The van der Waals surface area contributed by atoms with Gasteiger partial charge in [-0.15, -0.1) is 0 Å². The fraction of sp³-hybridized carbons (Fsp3) is 0.760. The van der Waals surface area contributed by atoms with Crippen LogP contribution in [0.1, 0.15) is 41.0 Å². The molecule has 1 aliphatic heterocycles. The van der Waals surface area contributed by atoms with E-state index in [1.165, 1.54) is 6.92 Å². The largest absolute Gasteiger partial charge is 0.465 e. The number of methoxy groups -OCH3 is 1. The van der Waals surface area contributed by atoms with Crippen LogP contribution < -0.4 is 5.32 Å². The second-order valence-electron chi connectivity index (χ2n) is 10.6. The van der Waals surface area contributed by atoms with E-state index in [0.29, 0.717) is 6.04 Å². The first-order chi connectivity index (χ1) is 18.4. The van der Waals surface area contributed by atoms with Crippen LogP contribution in [-0.2, 0) is 61.9 Å². The SMILES string of the molecule is COC(=O)[C@@]1(OCC[Si](C)(C)C)C[C@H](OC(C)=O)[C@@H](NC(C)=O)[C@H]([C@H](OC(C)=O)[C@@H](COC(C)=O)OC(C)=O)O1. The van der Waals surface area contributed by atoms with Gasteiger partial charge in [0.2, 0.25) is 5.91 Å². The molecule has 0 aromatic rings. The third kappa shape index (κ3) is 11.2. The summed E-state index contributed by atoms with van der Waals surface area (Å²) < 4.78 is 38.6. The number of nitrogens with one attached hydrogen (secondary N) is 1. The molecule has 1 rings (SSSR count). The number of carbonyl (C=O) groups excluding carboxylic acids is 6.